The normalized spacial score (nSPS) is 15.6. The Morgan fingerprint density at radius 3 is 2.25 bits per heavy atom. The van der Waals surface area contributed by atoms with Gasteiger partial charge in [-0.15, -0.1) is 5.11 Å². The van der Waals surface area contributed by atoms with E-state index in [1.165, 1.54) is 0 Å². The minimum Gasteiger partial charge on any atom is -0.266 e. The second kappa shape index (κ2) is 5.51. The van der Waals surface area contributed by atoms with Gasteiger partial charge in [0.15, 0.2) is 0 Å². The first kappa shape index (κ1) is 10.9. The van der Waals surface area contributed by atoms with Crippen LogP contribution in [0.2, 0.25) is 0 Å². The van der Waals surface area contributed by atoms with Gasteiger partial charge in [0.05, 0.1) is 6.04 Å². The Kier molecular flexibility index (Phi) is 4.99. The summed E-state index contributed by atoms with van der Waals surface area (Å²) in [5, 5.41) is 9.51. The van der Waals surface area contributed by atoms with Crippen LogP contribution in [0.25, 0.3) is 0 Å². The van der Waals surface area contributed by atoms with E-state index in [4.69, 9.17) is 5.53 Å². The van der Waals surface area contributed by atoms with Crippen molar-refractivity contribution >= 4 is 5.84 Å². The monoisotopic (exact) mass is 169 g/mol. The number of nitrogens with zero attached hydrogens (tertiary/aromatic N) is 4. The van der Waals surface area contributed by atoms with Crippen molar-refractivity contribution in [1.29, 1.82) is 5.53 Å². The second-order valence-electron chi connectivity index (χ2n) is 2.95. The van der Waals surface area contributed by atoms with Crippen LogP contribution in [0, 0.1) is 11.4 Å². The summed E-state index contributed by atoms with van der Waals surface area (Å²) in [6.45, 7) is 7.94. The standard InChI is InChI=1S/C7H15N5/c1-5(2)6(3)9-7(4)10-12-11-8/h5-6,8H,1-4H3. The largest absolute Gasteiger partial charge is 0.266 e. The highest BCUT2D eigenvalue weighted by atomic mass is 15.4. The molecule has 1 N–H and O–H groups in total. The SMILES string of the molecule is CC(N=NN=N)=NC(C)C(C)C. The van der Waals surface area contributed by atoms with Gasteiger partial charge in [-0.2, -0.15) is 5.53 Å². The molecule has 0 aliphatic heterocycles. The highest BCUT2D eigenvalue weighted by Crippen LogP contribution is 2.05. The lowest BCUT2D eigenvalue weighted by Gasteiger charge is -2.09. The number of amidine groups is 1. The van der Waals surface area contributed by atoms with E-state index >= 15 is 0 Å². The summed E-state index contributed by atoms with van der Waals surface area (Å²) in [6, 6.07) is 0.231. The summed E-state index contributed by atoms with van der Waals surface area (Å²) in [5.41, 5.74) is 6.37. The predicted octanol–water partition coefficient (Wildman–Crippen LogP) is 2.85. The third kappa shape index (κ3) is 4.65. The van der Waals surface area contributed by atoms with E-state index in [1.54, 1.807) is 6.92 Å². The van der Waals surface area contributed by atoms with Crippen molar-refractivity contribution < 1.29 is 0 Å². The first-order valence-corrected chi connectivity index (χ1v) is 3.89. The summed E-state index contributed by atoms with van der Waals surface area (Å²) in [6.07, 6.45) is 0. The molecule has 0 aliphatic rings. The lowest BCUT2D eigenvalue weighted by atomic mass is 10.1. The van der Waals surface area contributed by atoms with Crippen LogP contribution in [0.3, 0.4) is 0 Å². The summed E-state index contributed by atoms with van der Waals surface area (Å²) in [4.78, 5) is 4.23. The maximum atomic E-state index is 6.37. The van der Waals surface area contributed by atoms with E-state index in [1.807, 2.05) is 6.92 Å². The summed E-state index contributed by atoms with van der Waals surface area (Å²) in [7, 11) is 0. The van der Waals surface area contributed by atoms with Crippen molar-refractivity contribution in [3.05, 3.63) is 0 Å². The number of rotatable bonds is 3. The van der Waals surface area contributed by atoms with Crippen LogP contribution in [0.1, 0.15) is 27.7 Å². The molecule has 0 aliphatic carbocycles. The molecule has 0 saturated heterocycles. The molecule has 68 valence electrons. The van der Waals surface area contributed by atoms with Gasteiger partial charge >= 0.3 is 0 Å². The Balaban J connectivity index is 4.15. The van der Waals surface area contributed by atoms with Crippen molar-refractivity contribution in [1.82, 2.24) is 0 Å². The molecular formula is C7H15N5. The fraction of sp³-hybridized carbons (Fsp3) is 0.857. The quantitative estimate of drug-likeness (QED) is 0.292. The summed E-state index contributed by atoms with van der Waals surface area (Å²) < 4.78 is 0. The molecule has 0 radical (unpaired) electrons. The smallest absolute Gasteiger partial charge is 0.145 e. The molecule has 0 aromatic heterocycles. The van der Waals surface area contributed by atoms with Crippen LogP contribution in [0.5, 0.6) is 0 Å². The van der Waals surface area contributed by atoms with Crippen LogP contribution >= 0.6 is 0 Å². The zero-order valence-electron chi connectivity index (χ0n) is 7.94. The lowest BCUT2D eigenvalue weighted by Crippen LogP contribution is -2.09. The summed E-state index contributed by atoms with van der Waals surface area (Å²) in [5.74, 6) is 1.05. The molecular weight excluding hydrogens is 154 g/mol. The Hall–Kier alpha value is -1.13. The molecule has 12 heavy (non-hydrogen) atoms. The highest BCUT2D eigenvalue weighted by molar-refractivity contribution is 5.79. The third-order valence-electron chi connectivity index (χ3n) is 1.59. The second-order valence-corrected chi connectivity index (χ2v) is 2.95. The maximum absolute atomic E-state index is 6.37. The van der Waals surface area contributed by atoms with Crippen molar-refractivity contribution in [2.75, 3.05) is 0 Å². The van der Waals surface area contributed by atoms with E-state index in [9.17, 15) is 0 Å². The van der Waals surface area contributed by atoms with Crippen molar-refractivity contribution in [3.8, 4) is 0 Å². The van der Waals surface area contributed by atoms with Gasteiger partial charge < -0.3 is 0 Å². The molecule has 0 amide bonds. The molecule has 1 atom stereocenters. The minimum atomic E-state index is 0.231. The van der Waals surface area contributed by atoms with Crippen LogP contribution in [-0.2, 0) is 0 Å². The summed E-state index contributed by atoms with van der Waals surface area (Å²) >= 11 is 0. The Bertz CT molecular complexity index is 194. The first-order valence-electron chi connectivity index (χ1n) is 3.89. The van der Waals surface area contributed by atoms with Gasteiger partial charge in [-0.05, 0) is 30.2 Å². The molecule has 0 aromatic carbocycles. The van der Waals surface area contributed by atoms with Gasteiger partial charge in [0.1, 0.15) is 5.84 Å². The fourth-order valence-electron chi connectivity index (χ4n) is 0.557. The predicted molar refractivity (Wildman–Crippen MR) is 47.4 cm³/mol. The average molecular weight is 169 g/mol. The third-order valence-corrected chi connectivity index (χ3v) is 1.59. The molecule has 0 heterocycles. The Morgan fingerprint density at radius 1 is 1.25 bits per heavy atom. The lowest BCUT2D eigenvalue weighted by molar-refractivity contribution is 0.530. The number of hydrogen-bond acceptors (Lipinski definition) is 2. The molecule has 0 spiro atoms. The minimum absolute atomic E-state index is 0.231. The molecule has 0 fully saturated rings. The average Bonchev–Trinajstić information content (AvgIpc) is 2.00. The van der Waals surface area contributed by atoms with Gasteiger partial charge in [-0.1, -0.05) is 13.8 Å². The molecule has 0 saturated carbocycles. The molecule has 0 rings (SSSR count). The Labute approximate surface area is 72.5 Å². The van der Waals surface area contributed by atoms with Gasteiger partial charge in [-0.3, -0.25) is 4.99 Å². The maximum Gasteiger partial charge on any atom is 0.145 e. The van der Waals surface area contributed by atoms with E-state index in [-0.39, 0.29) is 6.04 Å². The van der Waals surface area contributed by atoms with E-state index in [2.05, 4.69) is 34.4 Å². The molecule has 0 bridgehead atoms. The zero-order valence-corrected chi connectivity index (χ0v) is 7.94. The van der Waals surface area contributed by atoms with Gasteiger partial charge in [0, 0.05) is 0 Å². The van der Waals surface area contributed by atoms with E-state index in [0.717, 1.165) is 0 Å². The van der Waals surface area contributed by atoms with Crippen LogP contribution < -0.4 is 0 Å². The fourth-order valence-corrected chi connectivity index (χ4v) is 0.557. The van der Waals surface area contributed by atoms with E-state index < -0.39 is 0 Å². The highest BCUT2D eigenvalue weighted by Gasteiger charge is 2.04. The van der Waals surface area contributed by atoms with Crippen LogP contribution in [0.15, 0.2) is 20.6 Å². The van der Waals surface area contributed by atoms with Crippen molar-refractivity contribution in [3.63, 3.8) is 0 Å². The molecule has 0 aromatic rings. The molecule has 5 heteroatoms. The van der Waals surface area contributed by atoms with Crippen molar-refractivity contribution in [2.45, 2.75) is 33.7 Å². The zero-order chi connectivity index (χ0) is 9.56. The number of nitrogens with one attached hydrogen (secondary N) is 1. The molecule has 1 unspecified atom stereocenters. The van der Waals surface area contributed by atoms with Crippen LogP contribution in [0.4, 0.5) is 0 Å². The van der Waals surface area contributed by atoms with Gasteiger partial charge in [0.25, 0.3) is 0 Å². The Morgan fingerprint density at radius 2 is 1.83 bits per heavy atom. The van der Waals surface area contributed by atoms with Crippen molar-refractivity contribution in [2.24, 2.45) is 26.5 Å². The first-order chi connectivity index (χ1) is 5.57. The van der Waals surface area contributed by atoms with E-state index in [0.29, 0.717) is 11.8 Å². The van der Waals surface area contributed by atoms with Gasteiger partial charge in [0.2, 0.25) is 0 Å². The van der Waals surface area contributed by atoms with Gasteiger partial charge in [-0.25, -0.2) is 0 Å². The molecule has 5 nitrogen and oxygen atoms in total. The number of hydrogen-bond donors (Lipinski definition) is 1. The topological polar surface area (TPSA) is 73.3 Å². The number of aliphatic imine (C=N–C) groups is 1. The van der Waals surface area contributed by atoms with Crippen LogP contribution in [-0.4, -0.2) is 11.9 Å².